The third-order valence-electron chi connectivity index (χ3n) is 4.09. The van der Waals surface area contributed by atoms with E-state index in [-0.39, 0.29) is 23.4 Å². The van der Waals surface area contributed by atoms with Crippen molar-refractivity contribution in [1.82, 2.24) is 5.32 Å². The third-order valence-corrected chi connectivity index (χ3v) is 4.09. The van der Waals surface area contributed by atoms with Crippen LogP contribution in [0.5, 0.6) is 0 Å². The van der Waals surface area contributed by atoms with Gasteiger partial charge in [0.05, 0.1) is 12.1 Å². The highest BCUT2D eigenvalue weighted by Crippen LogP contribution is 2.38. The summed E-state index contributed by atoms with van der Waals surface area (Å²) in [5, 5.41) is 5.27. The molecule has 1 amide bonds. The predicted molar refractivity (Wildman–Crippen MR) is 74.2 cm³/mol. The molecule has 0 radical (unpaired) electrons. The molecule has 3 rings (SSSR count). The van der Waals surface area contributed by atoms with Crippen LogP contribution in [-0.4, -0.2) is 31.7 Å². The fourth-order valence-corrected chi connectivity index (χ4v) is 2.85. The number of halogens is 2. The Bertz CT molecular complexity index is 538. The molecule has 4 nitrogen and oxygen atoms in total. The fraction of sp³-hybridized carbons (Fsp3) is 0.533. The van der Waals surface area contributed by atoms with Gasteiger partial charge >= 0.3 is 0 Å². The summed E-state index contributed by atoms with van der Waals surface area (Å²) in [6.07, 6.45) is 3.03. The Labute approximate surface area is 121 Å². The minimum Gasteiger partial charge on any atom is -0.383 e. The molecule has 2 unspecified atom stereocenters. The number of carbonyl (C=O) groups is 1. The summed E-state index contributed by atoms with van der Waals surface area (Å²) in [5.74, 6) is -1.50. The summed E-state index contributed by atoms with van der Waals surface area (Å²) in [4.78, 5) is 12.2. The van der Waals surface area contributed by atoms with E-state index in [0.717, 1.165) is 31.4 Å². The van der Waals surface area contributed by atoms with Crippen molar-refractivity contribution < 1.29 is 18.3 Å². The smallest absolute Gasteiger partial charge is 0.251 e. The van der Waals surface area contributed by atoms with Crippen molar-refractivity contribution in [2.24, 2.45) is 5.92 Å². The summed E-state index contributed by atoms with van der Waals surface area (Å²) in [5.41, 5.74) is -0.239. The van der Waals surface area contributed by atoms with Crippen LogP contribution in [0.15, 0.2) is 12.1 Å². The van der Waals surface area contributed by atoms with Crippen molar-refractivity contribution in [1.29, 1.82) is 0 Å². The van der Waals surface area contributed by atoms with Crippen LogP contribution in [0.4, 0.5) is 14.5 Å². The number of hydrogen-bond donors (Lipinski definition) is 2. The number of carbonyl (C=O) groups excluding carboxylic acids is 1. The van der Waals surface area contributed by atoms with E-state index >= 15 is 0 Å². The molecule has 0 aromatic heterocycles. The van der Waals surface area contributed by atoms with Crippen LogP contribution in [0.3, 0.4) is 0 Å². The van der Waals surface area contributed by atoms with Gasteiger partial charge in [-0.25, -0.2) is 8.78 Å². The van der Waals surface area contributed by atoms with E-state index in [1.54, 1.807) is 0 Å². The average molecular weight is 296 g/mol. The number of anilines is 1. The Morgan fingerprint density at radius 3 is 2.48 bits per heavy atom. The van der Waals surface area contributed by atoms with Gasteiger partial charge in [0.2, 0.25) is 0 Å². The zero-order valence-corrected chi connectivity index (χ0v) is 11.8. The first kappa shape index (κ1) is 14.3. The lowest BCUT2D eigenvalue weighted by atomic mass is 10.1. The SMILES string of the molecule is CNc1c(F)cc(C(=O)NC2CCOC2C2CC2)cc1F. The van der Waals surface area contributed by atoms with Crippen molar-refractivity contribution in [2.75, 3.05) is 19.0 Å². The maximum atomic E-state index is 13.7. The second-order valence-corrected chi connectivity index (χ2v) is 5.61. The van der Waals surface area contributed by atoms with Crippen molar-refractivity contribution in [3.8, 4) is 0 Å². The Hall–Kier alpha value is -1.69. The predicted octanol–water partition coefficient (Wildman–Crippen LogP) is 2.30. The topological polar surface area (TPSA) is 50.4 Å². The quantitative estimate of drug-likeness (QED) is 0.896. The van der Waals surface area contributed by atoms with Gasteiger partial charge in [0.25, 0.3) is 5.91 Å². The number of benzene rings is 1. The molecule has 2 N–H and O–H groups in total. The maximum Gasteiger partial charge on any atom is 0.251 e. The van der Waals surface area contributed by atoms with Gasteiger partial charge in [-0.15, -0.1) is 0 Å². The highest BCUT2D eigenvalue weighted by atomic mass is 19.1. The Morgan fingerprint density at radius 1 is 1.24 bits per heavy atom. The van der Waals surface area contributed by atoms with Crippen LogP contribution in [0.25, 0.3) is 0 Å². The molecule has 2 aliphatic rings. The van der Waals surface area contributed by atoms with Crippen LogP contribution in [0, 0.1) is 17.6 Å². The second kappa shape index (κ2) is 5.60. The number of nitrogens with one attached hydrogen (secondary N) is 2. The molecule has 1 saturated carbocycles. The molecule has 0 spiro atoms. The standard InChI is InChI=1S/C15H18F2N2O2/c1-18-13-10(16)6-9(7-11(13)17)15(20)19-12-4-5-21-14(12)8-2-3-8/h6-8,12,14,18H,2-5H2,1H3,(H,19,20). The third kappa shape index (κ3) is 2.85. The van der Waals surface area contributed by atoms with Crippen LogP contribution in [0.2, 0.25) is 0 Å². The van der Waals surface area contributed by atoms with Gasteiger partial charge in [-0.2, -0.15) is 0 Å². The van der Waals surface area contributed by atoms with E-state index in [4.69, 9.17) is 4.74 Å². The van der Waals surface area contributed by atoms with E-state index < -0.39 is 17.5 Å². The molecule has 1 aliphatic carbocycles. The minimum absolute atomic E-state index is 0.00885. The van der Waals surface area contributed by atoms with Gasteiger partial charge in [-0.3, -0.25) is 4.79 Å². The molecule has 2 atom stereocenters. The first-order valence-electron chi connectivity index (χ1n) is 7.19. The van der Waals surface area contributed by atoms with Gasteiger partial charge < -0.3 is 15.4 Å². The first-order chi connectivity index (χ1) is 10.1. The summed E-state index contributed by atoms with van der Waals surface area (Å²) in [6, 6.07) is 2.03. The summed E-state index contributed by atoms with van der Waals surface area (Å²) >= 11 is 0. The van der Waals surface area contributed by atoms with Crippen molar-refractivity contribution in [2.45, 2.75) is 31.4 Å². The molecule has 6 heteroatoms. The van der Waals surface area contributed by atoms with Crippen molar-refractivity contribution in [3.05, 3.63) is 29.3 Å². The fourth-order valence-electron chi connectivity index (χ4n) is 2.85. The van der Waals surface area contributed by atoms with Crippen LogP contribution in [0.1, 0.15) is 29.6 Å². The zero-order valence-electron chi connectivity index (χ0n) is 11.8. The number of hydrogen-bond acceptors (Lipinski definition) is 3. The molecule has 2 fully saturated rings. The highest BCUT2D eigenvalue weighted by molar-refractivity contribution is 5.94. The summed E-state index contributed by atoms with van der Waals surface area (Å²) < 4.78 is 33.0. The number of ether oxygens (including phenoxy) is 1. The van der Waals surface area contributed by atoms with Gasteiger partial charge in [0.1, 0.15) is 17.3 Å². The Kier molecular flexibility index (Phi) is 3.80. The molecule has 1 aromatic carbocycles. The van der Waals surface area contributed by atoms with E-state index in [1.807, 2.05) is 0 Å². The molecular formula is C15H18F2N2O2. The lowest BCUT2D eigenvalue weighted by molar-refractivity contribution is 0.0729. The van der Waals surface area contributed by atoms with Gasteiger partial charge in [0, 0.05) is 19.2 Å². The molecule has 1 saturated heterocycles. The number of rotatable bonds is 4. The lowest BCUT2D eigenvalue weighted by Crippen LogP contribution is -2.41. The van der Waals surface area contributed by atoms with E-state index in [0.29, 0.717) is 12.5 Å². The van der Waals surface area contributed by atoms with E-state index in [2.05, 4.69) is 10.6 Å². The molecule has 1 aliphatic heterocycles. The maximum absolute atomic E-state index is 13.7. The molecule has 114 valence electrons. The molecule has 1 aromatic rings. The number of amides is 1. The van der Waals surface area contributed by atoms with Crippen molar-refractivity contribution >= 4 is 11.6 Å². The second-order valence-electron chi connectivity index (χ2n) is 5.61. The lowest BCUT2D eigenvalue weighted by Gasteiger charge is -2.19. The largest absolute Gasteiger partial charge is 0.383 e. The highest BCUT2D eigenvalue weighted by Gasteiger charge is 2.41. The van der Waals surface area contributed by atoms with Gasteiger partial charge in [0.15, 0.2) is 0 Å². The van der Waals surface area contributed by atoms with Gasteiger partial charge in [-0.05, 0) is 37.3 Å². The normalized spacial score (nSPS) is 24.9. The van der Waals surface area contributed by atoms with Gasteiger partial charge in [-0.1, -0.05) is 0 Å². The first-order valence-corrected chi connectivity index (χ1v) is 7.19. The molecular weight excluding hydrogens is 278 g/mol. The minimum atomic E-state index is -0.774. The van der Waals surface area contributed by atoms with Crippen LogP contribution < -0.4 is 10.6 Å². The average Bonchev–Trinajstić information content (AvgIpc) is 3.19. The van der Waals surface area contributed by atoms with Crippen molar-refractivity contribution in [3.63, 3.8) is 0 Å². The Balaban J connectivity index is 1.73. The Morgan fingerprint density at radius 2 is 1.90 bits per heavy atom. The zero-order chi connectivity index (χ0) is 15.0. The molecule has 1 heterocycles. The summed E-state index contributed by atoms with van der Waals surface area (Å²) in [7, 11) is 1.43. The monoisotopic (exact) mass is 296 g/mol. The van der Waals surface area contributed by atoms with E-state index in [1.165, 1.54) is 7.05 Å². The van der Waals surface area contributed by atoms with E-state index in [9.17, 15) is 13.6 Å². The molecule has 0 bridgehead atoms. The summed E-state index contributed by atoms with van der Waals surface area (Å²) in [6.45, 7) is 0.619. The van der Waals surface area contributed by atoms with Crippen LogP contribution in [-0.2, 0) is 4.74 Å². The van der Waals surface area contributed by atoms with Crippen LogP contribution >= 0.6 is 0 Å². The molecule has 21 heavy (non-hydrogen) atoms.